The van der Waals surface area contributed by atoms with Crippen molar-refractivity contribution in [1.82, 2.24) is 4.57 Å². The quantitative estimate of drug-likeness (QED) is 0.689. The van der Waals surface area contributed by atoms with Gasteiger partial charge in [-0.05, 0) is 24.3 Å². The van der Waals surface area contributed by atoms with Crippen LogP contribution in [0.15, 0.2) is 57.7 Å². The van der Waals surface area contributed by atoms with Crippen molar-refractivity contribution in [2.45, 2.75) is 6.54 Å². The summed E-state index contributed by atoms with van der Waals surface area (Å²) < 4.78 is 6.39. The number of oxazole rings is 1. The van der Waals surface area contributed by atoms with Crippen molar-refractivity contribution in [2.75, 3.05) is 0 Å². The number of ketones is 1. The number of nitriles is 1. The fourth-order valence-electron chi connectivity index (χ4n) is 2.13. The van der Waals surface area contributed by atoms with Gasteiger partial charge in [-0.1, -0.05) is 24.3 Å². The van der Waals surface area contributed by atoms with E-state index in [2.05, 4.69) is 0 Å². The van der Waals surface area contributed by atoms with Gasteiger partial charge in [0.15, 0.2) is 11.4 Å². The van der Waals surface area contributed by atoms with E-state index < -0.39 is 5.76 Å². The number of benzene rings is 2. The molecule has 0 aliphatic rings. The van der Waals surface area contributed by atoms with Crippen LogP contribution < -0.4 is 5.76 Å². The Hall–Kier alpha value is -3.13. The van der Waals surface area contributed by atoms with Crippen molar-refractivity contribution in [1.29, 1.82) is 5.26 Å². The zero-order valence-corrected chi connectivity index (χ0v) is 10.9. The fraction of sp³-hybridized carbons (Fsp3) is 0.0625. The first-order valence-electron chi connectivity index (χ1n) is 6.31. The maximum absolute atomic E-state index is 12.2. The van der Waals surface area contributed by atoms with Gasteiger partial charge in [-0.3, -0.25) is 9.36 Å². The normalized spacial score (nSPS) is 10.4. The Kier molecular flexibility index (Phi) is 3.13. The first-order valence-corrected chi connectivity index (χ1v) is 6.31. The highest BCUT2D eigenvalue weighted by Gasteiger charge is 2.13. The third-order valence-corrected chi connectivity index (χ3v) is 3.21. The molecule has 2 aromatic carbocycles. The SMILES string of the molecule is N#Cc1ccc(C(=O)Cn2c(=O)oc3ccccc32)cc1. The molecule has 3 rings (SSSR count). The van der Waals surface area contributed by atoms with E-state index in [-0.39, 0.29) is 12.3 Å². The number of hydrogen-bond donors (Lipinski definition) is 0. The standard InChI is InChI=1S/C16H10N2O3/c17-9-11-5-7-12(8-6-11)14(19)10-18-13-3-1-2-4-15(13)21-16(18)20/h1-8H,10H2. The summed E-state index contributed by atoms with van der Waals surface area (Å²) in [6, 6.07) is 15.2. The first kappa shape index (κ1) is 12.9. The topological polar surface area (TPSA) is 76.0 Å². The molecule has 0 radical (unpaired) electrons. The van der Waals surface area contributed by atoms with Crippen molar-refractivity contribution in [3.05, 3.63) is 70.2 Å². The minimum Gasteiger partial charge on any atom is -0.408 e. The molecule has 1 aromatic heterocycles. The lowest BCUT2D eigenvalue weighted by atomic mass is 10.1. The smallest absolute Gasteiger partial charge is 0.408 e. The van der Waals surface area contributed by atoms with Crippen LogP contribution >= 0.6 is 0 Å². The zero-order chi connectivity index (χ0) is 14.8. The number of rotatable bonds is 3. The number of carbonyl (C=O) groups excluding carboxylic acids is 1. The van der Waals surface area contributed by atoms with Crippen molar-refractivity contribution in [2.24, 2.45) is 0 Å². The summed E-state index contributed by atoms with van der Waals surface area (Å²) in [4.78, 5) is 24.0. The number of Topliss-reactive ketones (excluding diaryl/α,β-unsaturated/α-hetero) is 1. The molecule has 0 bridgehead atoms. The molecule has 0 amide bonds. The van der Waals surface area contributed by atoms with Gasteiger partial charge in [0.05, 0.1) is 23.7 Å². The number of para-hydroxylation sites is 2. The molecule has 5 nitrogen and oxygen atoms in total. The van der Waals surface area contributed by atoms with E-state index in [9.17, 15) is 9.59 Å². The molecule has 3 aromatic rings. The van der Waals surface area contributed by atoms with Crippen molar-refractivity contribution < 1.29 is 9.21 Å². The second-order valence-corrected chi connectivity index (χ2v) is 4.53. The van der Waals surface area contributed by atoms with E-state index in [1.54, 1.807) is 48.5 Å². The number of fused-ring (bicyclic) bond motifs is 1. The summed E-state index contributed by atoms with van der Waals surface area (Å²) in [6.07, 6.45) is 0. The van der Waals surface area contributed by atoms with Crippen LogP contribution in [0.4, 0.5) is 0 Å². The van der Waals surface area contributed by atoms with Crippen LogP contribution in [-0.4, -0.2) is 10.4 Å². The molecule has 102 valence electrons. The summed E-state index contributed by atoms with van der Waals surface area (Å²) in [5.74, 6) is -0.772. The van der Waals surface area contributed by atoms with Crippen LogP contribution in [0.2, 0.25) is 0 Å². The maximum atomic E-state index is 12.2. The van der Waals surface area contributed by atoms with Gasteiger partial charge in [-0.15, -0.1) is 0 Å². The van der Waals surface area contributed by atoms with Crippen molar-refractivity contribution >= 4 is 16.9 Å². The van der Waals surface area contributed by atoms with E-state index in [0.717, 1.165) is 0 Å². The largest absolute Gasteiger partial charge is 0.420 e. The van der Waals surface area contributed by atoms with Gasteiger partial charge < -0.3 is 4.42 Å². The minimum absolute atomic E-state index is 0.0955. The summed E-state index contributed by atoms with van der Waals surface area (Å²) in [5, 5.41) is 8.74. The molecule has 0 saturated carbocycles. The Morgan fingerprint density at radius 1 is 1.14 bits per heavy atom. The molecule has 0 fully saturated rings. The Morgan fingerprint density at radius 3 is 2.57 bits per heavy atom. The predicted octanol–water partition coefficient (Wildman–Crippen LogP) is 2.35. The minimum atomic E-state index is -0.557. The van der Waals surface area contributed by atoms with Gasteiger partial charge in [-0.2, -0.15) is 5.26 Å². The molecule has 0 saturated heterocycles. The van der Waals surface area contributed by atoms with Crippen molar-refractivity contribution in [3.63, 3.8) is 0 Å². The number of nitrogens with zero attached hydrogens (tertiary/aromatic N) is 2. The van der Waals surface area contributed by atoms with Crippen molar-refractivity contribution in [3.8, 4) is 6.07 Å². The third kappa shape index (κ3) is 2.35. The Morgan fingerprint density at radius 2 is 1.86 bits per heavy atom. The molecule has 0 N–H and O–H groups in total. The highest BCUT2D eigenvalue weighted by atomic mass is 16.4. The molecular weight excluding hydrogens is 268 g/mol. The third-order valence-electron chi connectivity index (χ3n) is 3.21. The molecule has 0 atom stereocenters. The van der Waals surface area contributed by atoms with Gasteiger partial charge in [0, 0.05) is 5.56 Å². The molecule has 0 spiro atoms. The summed E-state index contributed by atoms with van der Waals surface area (Å²) in [5.41, 5.74) is 1.98. The second kappa shape index (κ2) is 5.10. The van der Waals surface area contributed by atoms with Gasteiger partial charge in [0.25, 0.3) is 0 Å². The highest BCUT2D eigenvalue weighted by molar-refractivity contribution is 5.96. The molecule has 21 heavy (non-hydrogen) atoms. The van der Waals surface area contributed by atoms with E-state index >= 15 is 0 Å². The van der Waals surface area contributed by atoms with Gasteiger partial charge in [0.2, 0.25) is 0 Å². The lowest BCUT2D eigenvalue weighted by molar-refractivity contribution is 0.0970. The van der Waals surface area contributed by atoms with Crippen LogP contribution in [0.3, 0.4) is 0 Å². The number of aromatic nitrogens is 1. The van der Waals surface area contributed by atoms with Gasteiger partial charge in [0.1, 0.15) is 0 Å². The van der Waals surface area contributed by atoms with Crippen LogP contribution in [-0.2, 0) is 6.54 Å². The van der Waals surface area contributed by atoms with Crippen LogP contribution in [0, 0.1) is 11.3 Å². The van der Waals surface area contributed by atoms with E-state index in [0.29, 0.717) is 22.2 Å². The van der Waals surface area contributed by atoms with Crippen LogP contribution in [0.1, 0.15) is 15.9 Å². The Labute approximate surface area is 119 Å². The maximum Gasteiger partial charge on any atom is 0.420 e. The highest BCUT2D eigenvalue weighted by Crippen LogP contribution is 2.13. The van der Waals surface area contributed by atoms with Crippen LogP contribution in [0.5, 0.6) is 0 Å². The average Bonchev–Trinajstić information content (AvgIpc) is 2.83. The molecule has 0 aliphatic carbocycles. The Bertz CT molecular complexity index is 911. The van der Waals surface area contributed by atoms with E-state index in [1.807, 2.05) is 6.07 Å². The number of hydrogen-bond acceptors (Lipinski definition) is 4. The lowest BCUT2D eigenvalue weighted by Gasteiger charge is -2.02. The van der Waals surface area contributed by atoms with Gasteiger partial charge in [-0.25, -0.2) is 4.79 Å². The first-order chi connectivity index (χ1) is 10.2. The second-order valence-electron chi connectivity index (χ2n) is 4.53. The van der Waals surface area contributed by atoms with Gasteiger partial charge >= 0.3 is 5.76 Å². The summed E-state index contributed by atoms with van der Waals surface area (Å²) in [7, 11) is 0. The lowest BCUT2D eigenvalue weighted by Crippen LogP contribution is -2.20. The summed E-state index contributed by atoms with van der Waals surface area (Å²) >= 11 is 0. The van der Waals surface area contributed by atoms with E-state index in [1.165, 1.54) is 4.57 Å². The predicted molar refractivity (Wildman–Crippen MR) is 76.0 cm³/mol. The van der Waals surface area contributed by atoms with E-state index in [4.69, 9.17) is 9.68 Å². The Balaban J connectivity index is 1.94. The molecule has 0 unspecified atom stereocenters. The molecule has 1 heterocycles. The summed E-state index contributed by atoms with van der Waals surface area (Å²) in [6.45, 7) is -0.0955. The zero-order valence-electron chi connectivity index (χ0n) is 10.9. The fourth-order valence-corrected chi connectivity index (χ4v) is 2.13. The monoisotopic (exact) mass is 278 g/mol. The molecule has 0 aliphatic heterocycles. The average molecular weight is 278 g/mol. The van der Waals surface area contributed by atoms with Crippen LogP contribution in [0.25, 0.3) is 11.1 Å². The molecular formula is C16H10N2O3. The molecule has 5 heteroatoms. The number of carbonyl (C=O) groups is 1.